The second-order valence-electron chi connectivity index (χ2n) is 6.43. The van der Waals surface area contributed by atoms with E-state index in [0.717, 1.165) is 25.7 Å². The van der Waals surface area contributed by atoms with Crippen molar-refractivity contribution in [2.45, 2.75) is 59.8 Å². The monoisotopic (exact) mass is 312 g/mol. The second-order valence-corrected chi connectivity index (χ2v) is 6.43. The van der Waals surface area contributed by atoms with Crippen molar-refractivity contribution in [3.8, 4) is 0 Å². The summed E-state index contributed by atoms with van der Waals surface area (Å²) in [6.45, 7) is 8.52. The first kappa shape index (κ1) is 19.1. The van der Waals surface area contributed by atoms with E-state index in [0.29, 0.717) is 12.0 Å². The first-order valence-corrected chi connectivity index (χ1v) is 8.30. The van der Waals surface area contributed by atoms with Crippen molar-refractivity contribution in [2.24, 2.45) is 0 Å². The molecule has 0 saturated heterocycles. The van der Waals surface area contributed by atoms with Gasteiger partial charge < -0.3 is 0 Å². The number of hydrogen-bond donors (Lipinski definition) is 0. The first-order valence-electron chi connectivity index (χ1n) is 8.30. The molecule has 2 heteroatoms. The van der Waals surface area contributed by atoms with Crippen molar-refractivity contribution in [1.29, 1.82) is 0 Å². The van der Waals surface area contributed by atoms with E-state index in [2.05, 4.69) is 45.9 Å². The Balaban J connectivity index is 2.38. The fourth-order valence-electron chi connectivity index (χ4n) is 2.34. The molecule has 23 heavy (non-hydrogen) atoms. The highest BCUT2D eigenvalue weighted by molar-refractivity contribution is 6.17. The lowest BCUT2D eigenvalue weighted by molar-refractivity contribution is -0.114. The molecular formula is C21H28O2. The molecule has 1 aliphatic rings. The molecule has 0 aromatic carbocycles. The highest BCUT2D eigenvalue weighted by atomic mass is 16.1. The van der Waals surface area contributed by atoms with Crippen molar-refractivity contribution in [2.75, 3.05) is 0 Å². The Hall–Kier alpha value is -1.96. The van der Waals surface area contributed by atoms with Crippen LogP contribution in [-0.2, 0) is 9.59 Å². The lowest BCUT2D eigenvalue weighted by atomic mass is 9.99. The third-order valence-corrected chi connectivity index (χ3v) is 3.83. The van der Waals surface area contributed by atoms with Crippen molar-refractivity contribution in [3.05, 3.63) is 58.7 Å². The van der Waals surface area contributed by atoms with E-state index in [1.54, 1.807) is 0 Å². The molecule has 0 radical (unpaired) electrons. The fraction of sp³-hybridized carbons (Fsp3) is 0.429. The van der Waals surface area contributed by atoms with Crippen LogP contribution in [0, 0.1) is 0 Å². The van der Waals surface area contributed by atoms with Gasteiger partial charge in [0.15, 0.2) is 11.6 Å². The van der Waals surface area contributed by atoms with Gasteiger partial charge in [0.25, 0.3) is 0 Å². The fourth-order valence-corrected chi connectivity index (χ4v) is 2.34. The van der Waals surface area contributed by atoms with Crippen LogP contribution < -0.4 is 0 Å². The molecule has 0 atom stereocenters. The predicted molar refractivity (Wildman–Crippen MR) is 97.3 cm³/mol. The summed E-state index contributed by atoms with van der Waals surface area (Å²) in [6.07, 6.45) is 15.5. The first-order chi connectivity index (χ1) is 10.9. The number of hydrogen-bond acceptors (Lipinski definition) is 2. The van der Waals surface area contributed by atoms with Gasteiger partial charge in [0, 0.05) is 5.57 Å². The summed E-state index contributed by atoms with van der Waals surface area (Å²) < 4.78 is 0. The molecule has 0 unspecified atom stereocenters. The summed E-state index contributed by atoms with van der Waals surface area (Å²) in [5.41, 5.74) is 4.65. The average molecular weight is 312 g/mol. The molecule has 0 heterocycles. The Morgan fingerprint density at radius 3 is 2.13 bits per heavy atom. The van der Waals surface area contributed by atoms with Crippen molar-refractivity contribution < 1.29 is 9.59 Å². The third-order valence-electron chi connectivity index (χ3n) is 3.83. The quantitative estimate of drug-likeness (QED) is 0.442. The Bertz CT molecular complexity index is 591. The minimum Gasteiger partial charge on any atom is -0.290 e. The summed E-state index contributed by atoms with van der Waals surface area (Å²) in [5, 5.41) is 0. The Morgan fingerprint density at radius 2 is 1.48 bits per heavy atom. The van der Waals surface area contributed by atoms with Crippen LogP contribution in [0.1, 0.15) is 59.8 Å². The van der Waals surface area contributed by atoms with Crippen molar-refractivity contribution in [3.63, 3.8) is 0 Å². The van der Waals surface area contributed by atoms with Gasteiger partial charge in [-0.2, -0.15) is 0 Å². The molecule has 0 amide bonds. The maximum Gasteiger partial charge on any atom is 0.182 e. The molecule has 0 aromatic heterocycles. The van der Waals surface area contributed by atoms with Crippen LogP contribution in [0.4, 0.5) is 0 Å². The van der Waals surface area contributed by atoms with Crippen LogP contribution in [0.3, 0.4) is 0 Å². The van der Waals surface area contributed by atoms with Crippen LogP contribution in [0.2, 0.25) is 0 Å². The SMILES string of the molecule is CC(C)=CCCC(C)=CCCC(C)=CCC1=CC(=O)C=CC1=O. The molecular weight excluding hydrogens is 284 g/mol. The third kappa shape index (κ3) is 8.29. The predicted octanol–water partition coefficient (Wildman–Crippen LogP) is 5.43. The molecule has 0 aromatic rings. The van der Waals surface area contributed by atoms with Crippen molar-refractivity contribution in [1.82, 2.24) is 0 Å². The molecule has 124 valence electrons. The molecule has 0 aliphatic heterocycles. The van der Waals surface area contributed by atoms with Crippen LogP contribution in [-0.4, -0.2) is 11.6 Å². The zero-order chi connectivity index (χ0) is 17.2. The van der Waals surface area contributed by atoms with E-state index in [9.17, 15) is 9.59 Å². The molecule has 0 bridgehead atoms. The second kappa shape index (κ2) is 9.94. The average Bonchev–Trinajstić information content (AvgIpc) is 2.48. The topological polar surface area (TPSA) is 34.1 Å². The van der Waals surface area contributed by atoms with Crippen LogP contribution in [0.15, 0.2) is 58.7 Å². The van der Waals surface area contributed by atoms with Gasteiger partial charge in [0.2, 0.25) is 0 Å². The van der Waals surface area contributed by atoms with Gasteiger partial charge >= 0.3 is 0 Å². The van der Waals surface area contributed by atoms with E-state index in [4.69, 9.17) is 0 Å². The minimum absolute atomic E-state index is 0.0522. The summed E-state index contributed by atoms with van der Waals surface area (Å²) in [7, 11) is 0. The molecule has 0 saturated carbocycles. The largest absolute Gasteiger partial charge is 0.290 e. The summed E-state index contributed by atoms with van der Waals surface area (Å²) >= 11 is 0. The lowest BCUT2D eigenvalue weighted by Crippen LogP contribution is -2.06. The van der Waals surface area contributed by atoms with E-state index in [1.165, 1.54) is 34.9 Å². The van der Waals surface area contributed by atoms with Crippen LogP contribution >= 0.6 is 0 Å². The van der Waals surface area contributed by atoms with E-state index < -0.39 is 0 Å². The molecule has 0 spiro atoms. The Labute approximate surface area is 140 Å². The number of ketones is 2. The lowest BCUT2D eigenvalue weighted by Gasteiger charge is -2.05. The van der Waals surface area contributed by atoms with Gasteiger partial charge in [-0.3, -0.25) is 9.59 Å². The van der Waals surface area contributed by atoms with Crippen LogP contribution in [0.25, 0.3) is 0 Å². The Morgan fingerprint density at radius 1 is 0.870 bits per heavy atom. The maximum absolute atomic E-state index is 11.7. The zero-order valence-electron chi connectivity index (χ0n) is 14.8. The standard InChI is InChI=1S/C21H28O2/c1-16(2)7-5-8-17(3)9-6-10-18(4)11-12-19-15-20(22)13-14-21(19)23/h7,9,11,13-15H,5-6,8,10,12H2,1-4H3. The zero-order valence-corrected chi connectivity index (χ0v) is 14.8. The number of allylic oxidation sites excluding steroid dienone is 10. The number of rotatable bonds is 8. The van der Waals surface area contributed by atoms with Gasteiger partial charge in [-0.25, -0.2) is 0 Å². The smallest absolute Gasteiger partial charge is 0.182 e. The molecule has 0 fully saturated rings. The van der Waals surface area contributed by atoms with E-state index in [1.807, 2.05) is 0 Å². The molecule has 2 nitrogen and oxygen atoms in total. The van der Waals surface area contributed by atoms with Gasteiger partial charge in [-0.15, -0.1) is 0 Å². The van der Waals surface area contributed by atoms with Gasteiger partial charge in [-0.05, 0) is 78.0 Å². The summed E-state index contributed by atoms with van der Waals surface area (Å²) in [5.74, 6) is -0.149. The highest BCUT2D eigenvalue weighted by Gasteiger charge is 2.11. The minimum atomic E-state index is -0.0967. The number of carbonyl (C=O) groups is 2. The molecule has 0 N–H and O–H groups in total. The molecule has 1 aliphatic carbocycles. The van der Waals surface area contributed by atoms with E-state index in [-0.39, 0.29) is 11.6 Å². The highest BCUT2D eigenvalue weighted by Crippen LogP contribution is 2.15. The Kier molecular flexibility index (Phi) is 8.25. The van der Waals surface area contributed by atoms with Gasteiger partial charge in [0.05, 0.1) is 0 Å². The van der Waals surface area contributed by atoms with Gasteiger partial charge in [0.1, 0.15) is 0 Å². The normalized spacial score (nSPS) is 15.7. The van der Waals surface area contributed by atoms with E-state index >= 15 is 0 Å². The van der Waals surface area contributed by atoms with Crippen molar-refractivity contribution >= 4 is 11.6 Å². The molecule has 1 rings (SSSR count). The van der Waals surface area contributed by atoms with Crippen LogP contribution in [0.5, 0.6) is 0 Å². The maximum atomic E-state index is 11.7. The summed E-state index contributed by atoms with van der Waals surface area (Å²) in [4.78, 5) is 22.9. The summed E-state index contributed by atoms with van der Waals surface area (Å²) in [6, 6.07) is 0. The number of carbonyl (C=O) groups excluding carboxylic acids is 2. The van der Waals surface area contributed by atoms with Gasteiger partial charge in [-0.1, -0.05) is 34.9 Å².